The Labute approximate surface area is 145 Å². The lowest BCUT2D eigenvalue weighted by Crippen LogP contribution is -2.18. The maximum Gasteiger partial charge on any atom is 0.372 e. The summed E-state index contributed by atoms with van der Waals surface area (Å²) in [4.78, 5) is 16.5. The molecule has 0 aliphatic rings. The van der Waals surface area contributed by atoms with Gasteiger partial charge in [0.1, 0.15) is 5.75 Å². The summed E-state index contributed by atoms with van der Waals surface area (Å²) in [7, 11) is 3.04. The largest absolute Gasteiger partial charge is 0.493 e. The minimum absolute atomic E-state index is 0.0323. The molecule has 0 radical (unpaired) electrons. The predicted molar refractivity (Wildman–Crippen MR) is 93.0 cm³/mol. The highest BCUT2D eigenvalue weighted by molar-refractivity contribution is 5.98. The number of oxime groups is 1. The second-order valence-electron chi connectivity index (χ2n) is 5.11. The first-order valence-electron chi connectivity index (χ1n) is 7.48. The summed E-state index contributed by atoms with van der Waals surface area (Å²) in [6.45, 7) is 1.66. The molecule has 0 aliphatic carbocycles. The molecular formula is C18H20N2O5. The van der Waals surface area contributed by atoms with Crippen molar-refractivity contribution >= 4 is 11.8 Å². The van der Waals surface area contributed by atoms with Crippen molar-refractivity contribution in [1.82, 2.24) is 0 Å². The normalized spacial score (nSPS) is 10.9. The summed E-state index contributed by atoms with van der Waals surface area (Å²) in [5, 5.41) is 3.62. The standard InChI is InChI=1S/C18H20N2O5/c1-12-5-4-6-14(9-12)24-11-17(21)25-20-18(19)13-7-8-15(22-2)16(10-13)23-3/h4-10H,11H2,1-3H3,(H2,19,20). The number of aryl methyl sites for hydroxylation is 1. The van der Waals surface area contributed by atoms with Gasteiger partial charge in [-0.25, -0.2) is 4.79 Å². The van der Waals surface area contributed by atoms with Crippen molar-refractivity contribution < 1.29 is 23.8 Å². The van der Waals surface area contributed by atoms with E-state index in [1.807, 2.05) is 25.1 Å². The van der Waals surface area contributed by atoms with Gasteiger partial charge in [-0.2, -0.15) is 0 Å². The third-order valence-electron chi connectivity index (χ3n) is 3.27. The van der Waals surface area contributed by atoms with Gasteiger partial charge in [0.25, 0.3) is 0 Å². The minimum Gasteiger partial charge on any atom is -0.493 e. The van der Waals surface area contributed by atoms with E-state index in [4.69, 9.17) is 24.8 Å². The van der Waals surface area contributed by atoms with E-state index in [9.17, 15) is 4.79 Å². The number of rotatable bonds is 7. The van der Waals surface area contributed by atoms with E-state index in [1.165, 1.54) is 14.2 Å². The summed E-state index contributed by atoms with van der Waals surface area (Å²) in [6.07, 6.45) is 0. The first-order valence-corrected chi connectivity index (χ1v) is 7.48. The molecule has 7 heteroatoms. The fraction of sp³-hybridized carbons (Fsp3) is 0.222. The van der Waals surface area contributed by atoms with Crippen LogP contribution >= 0.6 is 0 Å². The molecule has 0 atom stereocenters. The lowest BCUT2D eigenvalue weighted by Gasteiger charge is -2.09. The average molecular weight is 344 g/mol. The minimum atomic E-state index is -0.662. The van der Waals surface area contributed by atoms with Gasteiger partial charge in [-0.1, -0.05) is 17.3 Å². The van der Waals surface area contributed by atoms with Crippen LogP contribution in [0.1, 0.15) is 11.1 Å². The van der Waals surface area contributed by atoms with Crippen LogP contribution in [0.3, 0.4) is 0 Å². The van der Waals surface area contributed by atoms with Gasteiger partial charge in [0.05, 0.1) is 14.2 Å². The molecule has 132 valence electrons. The smallest absolute Gasteiger partial charge is 0.372 e. The highest BCUT2D eigenvalue weighted by atomic mass is 16.7. The summed E-state index contributed by atoms with van der Waals surface area (Å²) in [5.74, 6) is 0.999. The van der Waals surface area contributed by atoms with Gasteiger partial charge in [0, 0.05) is 5.56 Å². The van der Waals surface area contributed by atoms with Gasteiger partial charge >= 0.3 is 5.97 Å². The molecule has 7 nitrogen and oxygen atoms in total. The summed E-state index contributed by atoms with van der Waals surface area (Å²) >= 11 is 0. The van der Waals surface area contributed by atoms with Gasteiger partial charge in [-0.15, -0.1) is 0 Å². The second-order valence-corrected chi connectivity index (χ2v) is 5.11. The predicted octanol–water partition coefficient (Wildman–Crippen LogP) is 2.25. The van der Waals surface area contributed by atoms with Gasteiger partial charge < -0.3 is 24.8 Å². The fourth-order valence-electron chi connectivity index (χ4n) is 2.02. The number of carbonyl (C=O) groups excluding carboxylic acids is 1. The van der Waals surface area contributed by atoms with Crippen LogP contribution in [0.5, 0.6) is 17.2 Å². The Morgan fingerprint density at radius 3 is 2.52 bits per heavy atom. The lowest BCUT2D eigenvalue weighted by molar-refractivity contribution is -0.146. The molecule has 25 heavy (non-hydrogen) atoms. The van der Waals surface area contributed by atoms with Crippen LogP contribution in [0.2, 0.25) is 0 Å². The van der Waals surface area contributed by atoms with Crippen LogP contribution < -0.4 is 19.9 Å². The number of methoxy groups -OCH3 is 2. The number of nitrogens with zero attached hydrogens (tertiary/aromatic N) is 1. The maximum absolute atomic E-state index is 11.7. The quantitative estimate of drug-likeness (QED) is 0.358. The van der Waals surface area contributed by atoms with E-state index in [2.05, 4.69) is 5.16 Å². The highest BCUT2D eigenvalue weighted by Crippen LogP contribution is 2.27. The van der Waals surface area contributed by atoms with Crippen molar-refractivity contribution in [3.05, 3.63) is 53.6 Å². The molecule has 2 rings (SSSR count). The Morgan fingerprint density at radius 2 is 1.84 bits per heavy atom. The van der Waals surface area contributed by atoms with E-state index < -0.39 is 5.97 Å². The number of nitrogens with two attached hydrogens (primary N) is 1. The van der Waals surface area contributed by atoms with E-state index in [-0.39, 0.29) is 12.4 Å². The van der Waals surface area contributed by atoms with Crippen molar-refractivity contribution in [1.29, 1.82) is 0 Å². The molecule has 2 aromatic carbocycles. The summed E-state index contributed by atoms with van der Waals surface area (Å²) in [5.41, 5.74) is 7.38. The van der Waals surface area contributed by atoms with Crippen LogP contribution in [-0.4, -0.2) is 32.6 Å². The number of carbonyl (C=O) groups is 1. The average Bonchev–Trinajstić information content (AvgIpc) is 2.63. The van der Waals surface area contributed by atoms with Crippen molar-refractivity contribution in [2.24, 2.45) is 10.9 Å². The zero-order chi connectivity index (χ0) is 18.2. The van der Waals surface area contributed by atoms with Crippen LogP contribution in [0, 0.1) is 6.92 Å². The van der Waals surface area contributed by atoms with E-state index in [0.717, 1.165) is 5.56 Å². The number of benzene rings is 2. The first-order chi connectivity index (χ1) is 12.0. The zero-order valence-electron chi connectivity index (χ0n) is 14.3. The second kappa shape index (κ2) is 8.58. The SMILES string of the molecule is COc1ccc(/C(N)=N\OC(=O)COc2cccc(C)c2)cc1OC. The topological polar surface area (TPSA) is 92.4 Å². The number of amidine groups is 1. The fourth-order valence-corrected chi connectivity index (χ4v) is 2.02. The van der Waals surface area contributed by atoms with Gasteiger partial charge in [-0.3, -0.25) is 0 Å². The molecule has 0 spiro atoms. The van der Waals surface area contributed by atoms with Crippen molar-refractivity contribution in [3.63, 3.8) is 0 Å². The Bertz CT molecular complexity index is 774. The summed E-state index contributed by atoms with van der Waals surface area (Å²) in [6, 6.07) is 12.3. The monoisotopic (exact) mass is 344 g/mol. The first kappa shape index (κ1) is 18.1. The Balaban J connectivity index is 1.95. The molecule has 0 heterocycles. The molecular weight excluding hydrogens is 324 g/mol. The molecule has 0 aliphatic heterocycles. The molecule has 2 N–H and O–H groups in total. The zero-order valence-corrected chi connectivity index (χ0v) is 14.3. The number of ether oxygens (including phenoxy) is 3. The van der Waals surface area contributed by atoms with Crippen molar-refractivity contribution in [2.45, 2.75) is 6.92 Å². The Kier molecular flexibility index (Phi) is 6.22. The summed E-state index contributed by atoms with van der Waals surface area (Å²) < 4.78 is 15.7. The van der Waals surface area contributed by atoms with E-state index in [1.54, 1.807) is 24.3 Å². The van der Waals surface area contributed by atoms with Crippen LogP contribution in [0.25, 0.3) is 0 Å². The van der Waals surface area contributed by atoms with Crippen molar-refractivity contribution in [2.75, 3.05) is 20.8 Å². The van der Waals surface area contributed by atoms with Crippen LogP contribution in [0.15, 0.2) is 47.6 Å². The lowest BCUT2D eigenvalue weighted by atomic mass is 10.2. The highest BCUT2D eigenvalue weighted by Gasteiger charge is 2.09. The van der Waals surface area contributed by atoms with E-state index in [0.29, 0.717) is 22.8 Å². The molecule has 0 saturated carbocycles. The molecule has 0 aromatic heterocycles. The van der Waals surface area contributed by atoms with Crippen LogP contribution in [0.4, 0.5) is 0 Å². The maximum atomic E-state index is 11.7. The molecule has 0 fully saturated rings. The number of hydrogen-bond acceptors (Lipinski definition) is 6. The molecule has 0 saturated heterocycles. The Morgan fingerprint density at radius 1 is 1.08 bits per heavy atom. The van der Waals surface area contributed by atoms with Crippen LogP contribution in [-0.2, 0) is 9.63 Å². The third-order valence-corrected chi connectivity index (χ3v) is 3.27. The van der Waals surface area contributed by atoms with Gasteiger partial charge in [-0.05, 0) is 42.8 Å². The molecule has 0 amide bonds. The number of hydrogen-bond donors (Lipinski definition) is 1. The van der Waals surface area contributed by atoms with Gasteiger partial charge in [0.2, 0.25) is 0 Å². The Hall–Kier alpha value is -3.22. The van der Waals surface area contributed by atoms with E-state index >= 15 is 0 Å². The van der Waals surface area contributed by atoms with Gasteiger partial charge in [0.15, 0.2) is 23.9 Å². The third kappa shape index (κ3) is 5.13. The van der Waals surface area contributed by atoms with Crippen molar-refractivity contribution in [3.8, 4) is 17.2 Å². The molecule has 0 bridgehead atoms. The molecule has 0 unspecified atom stereocenters. The molecule has 2 aromatic rings.